The number of hydrogen-bond donors (Lipinski definition) is 1. The zero-order chi connectivity index (χ0) is 6.41. The molecule has 0 spiro atoms. The molecule has 1 N–H and O–H groups in total. The van der Waals surface area contributed by atoms with Gasteiger partial charge in [-0.2, -0.15) is 5.06 Å². The van der Waals surface area contributed by atoms with Crippen molar-refractivity contribution in [3.8, 4) is 0 Å². The summed E-state index contributed by atoms with van der Waals surface area (Å²) in [7, 11) is 3.27. The lowest BCUT2D eigenvalue weighted by atomic mass is 10.4. The molecule has 3 nitrogen and oxygen atoms in total. The molecule has 0 fully saturated rings. The largest absolute Gasteiger partial charge is 0.385 e. The van der Waals surface area contributed by atoms with Crippen LogP contribution in [0.2, 0.25) is 0 Å². The molecular formula is C5H13NO2. The van der Waals surface area contributed by atoms with Crippen LogP contribution in [0.15, 0.2) is 0 Å². The minimum absolute atomic E-state index is 0.674. The second-order valence-electron chi connectivity index (χ2n) is 1.73. The maximum absolute atomic E-state index is 8.56. The first kappa shape index (κ1) is 7.88. The summed E-state index contributed by atoms with van der Waals surface area (Å²) in [4.78, 5) is 0. The average Bonchev–Trinajstić information content (AvgIpc) is 1.66. The number of rotatable bonds is 4. The Balaban J connectivity index is 2.72. The molecule has 0 radical (unpaired) electrons. The standard InChI is InChI=1S/C5H13NO2/c1-6(7)4-3-5-8-2/h7H,3-5H2,1-2H3. The molecule has 0 aliphatic heterocycles. The van der Waals surface area contributed by atoms with E-state index in [0.717, 1.165) is 11.5 Å². The Morgan fingerprint density at radius 2 is 2.25 bits per heavy atom. The van der Waals surface area contributed by atoms with Gasteiger partial charge in [0.2, 0.25) is 0 Å². The van der Waals surface area contributed by atoms with E-state index in [4.69, 9.17) is 9.94 Å². The van der Waals surface area contributed by atoms with Gasteiger partial charge >= 0.3 is 0 Å². The van der Waals surface area contributed by atoms with Gasteiger partial charge in [-0.15, -0.1) is 0 Å². The van der Waals surface area contributed by atoms with Gasteiger partial charge in [0.15, 0.2) is 0 Å². The summed E-state index contributed by atoms with van der Waals surface area (Å²) in [5.41, 5.74) is 0. The fraction of sp³-hybridized carbons (Fsp3) is 1.00. The van der Waals surface area contributed by atoms with Gasteiger partial charge in [0, 0.05) is 27.3 Å². The van der Waals surface area contributed by atoms with Crippen LogP contribution >= 0.6 is 0 Å². The van der Waals surface area contributed by atoms with E-state index in [0.29, 0.717) is 13.2 Å². The monoisotopic (exact) mass is 119 g/mol. The van der Waals surface area contributed by atoms with Crippen molar-refractivity contribution < 1.29 is 9.94 Å². The topological polar surface area (TPSA) is 32.7 Å². The summed E-state index contributed by atoms with van der Waals surface area (Å²) in [6.07, 6.45) is 0.878. The first-order chi connectivity index (χ1) is 3.77. The molecule has 0 rings (SSSR count). The lowest BCUT2D eigenvalue weighted by molar-refractivity contribution is -0.0683. The maximum Gasteiger partial charge on any atom is 0.0475 e. The van der Waals surface area contributed by atoms with Gasteiger partial charge in [0.25, 0.3) is 0 Å². The van der Waals surface area contributed by atoms with Crippen molar-refractivity contribution in [3.63, 3.8) is 0 Å². The Morgan fingerprint density at radius 1 is 1.62 bits per heavy atom. The maximum atomic E-state index is 8.56. The highest BCUT2D eigenvalue weighted by molar-refractivity contribution is 4.35. The van der Waals surface area contributed by atoms with Gasteiger partial charge in [-0.05, 0) is 6.42 Å². The molecule has 8 heavy (non-hydrogen) atoms. The molecule has 0 aliphatic rings. The molecule has 0 aromatic rings. The Kier molecular flexibility index (Phi) is 4.95. The quantitative estimate of drug-likeness (QED) is 0.428. The number of nitrogens with zero attached hydrogens (tertiary/aromatic N) is 1. The molecule has 0 aromatic carbocycles. The second-order valence-corrected chi connectivity index (χ2v) is 1.73. The Bertz CT molecular complexity index is 47.7. The van der Waals surface area contributed by atoms with E-state index in [1.54, 1.807) is 14.2 Å². The molecular weight excluding hydrogens is 106 g/mol. The summed E-state index contributed by atoms with van der Waals surface area (Å²) in [6.45, 7) is 1.39. The van der Waals surface area contributed by atoms with Crippen LogP contribution in [0.1, 0.15) is 6.42 Å². The van der Waals surface area contributed by atoms with Crippen LogP contribution in [-0.2, 0) is 4.74 Å². The van der Waals surface area contributed by atoms with E-state index in [1.165, 1.54) is 0 Å². The molecule has 0 saturated heterocycles. The third-order valence-electron chi connectivity index (χ3n) is 0.830. The molecule has 0 bridgehead atoms. The third kappa shape index (κ3) is 5.88. The van der Waals surface area contributed by atoms with Gasteiger partial charge in [-0.3, -0.25) is 0 Å². The number of methoxy groups -OCH3 is 1. The first-order valence-corrected chi connectivity index (χ1v) is 2.66. The van der Waals surface area contributed by atoms with Crippen molar-refractivity contribution in [1.82, 2.24) is 5.06 Å². The lowest BCUT2D eigenvalue weighted by Crippen LogP contribution is -2.15. The summed E-state index contributed by atoms with van der Waals surface area (Å²) in [5.74, 6) is 0. The SMILES string of the molecule is COCCCN(C)O. The molecule has 0 aliphatic carbocycles. The minimum atomic E-state index is 0.674. The molecule has 50 valence electrons. The third-order valence-corrected chi connectivity index (χ3v) is 0.830. The molecule has 0 unspecified atom stereocenters. The van der Waals surface area contributed by atoms with E-state index >= 15 is 0 Å². The highest BCUT2D eigenvalue weighted by atomic mass is 16.5. The Hall–Kier alpha value is -0.120. The molecule has 0 atom stereocenters. The summed E-state index contributed by atoms with van der Waals surface area (Å²) >= 11 is 0. The highest BCUT2D eigenvalue weighted by Gasteiger charge is 1.88. The lowest BCUT2D eigenvalue weighted by Gasteiger charge is -2.05. The Labute approximate surface area is 49.8 Å². The van der Waals surface area contributed by atoms with E-state index in [1.807, 2.05) is 0 Å². The van der Waals surface area contributed by atoms with E-state index in [-0.39, 0.29) is 0 Å². The summed E-state index contributed by atoms with van der Waals surface area (Å²) < 4.78 is 4.75. The van der Waals surface area contributed by atoms with Crippen molar-refractivity contribution in [3.05, 3.63) is 0 Å². The van der Waals surface area contributed by atoms with Crippen LogP contribution in [-0.4, -0.2) is 37.6 Å². The number of ether oxygens (including phenoxy) is 1. The normalized spacial score (nSPS) is 10.5. The van der Waals surface area contributed by atoms with Gasteiger partial charge < -0.3 is 9.94 Å². The van der Waals surface area contributed by atoms with Crippen LogP contribution in [0.25, 0.3) is 0 Å². The Morgan fingerprint density at radius 3 is 2.62 bits per heavy atom. The first-order valence-electron chi connectivity index (χ1n) is 2.66. The highest BCUT2D eigenvalue weighted by Crippen LogP contribution is 1.81. The van der Waals surface area contributed by atoms with Crippen molar-refractivity contribution in [2.75, 3.05) is 27.3 Å². The molecule has 3 heteroatoms. The predicted octanol–water partition coefficient (Wildman–Crippen LogP) is 0.344. The smallest absolute Gasteiger partial charge is 0.0475 e. The molecule has 0 amide bonds. The van der Waals surface area contributed by atoms with Crippen molar-refractivity contribution in [1.29, 1.82) is 0 Å². The second kappa shape index (κ2) is 5.03. The van der Waals surface area contributed by atoms with Crippen molar-refractivity contribution >= 4 is 0 Å². The zero-order valence-electron chi connectivity index (χ0n) is 5.42. The van der Waals surface area contributed by atoms with Gasteiger partial charge in [0.1, 0.15) is 0 Å². The molecule has 0 aromatic heterocycles. The van der Waals surface area contributed by atoms with E-state index in [9.17, 15) is 0 Å². The summed E-state index contributed by atoms with van der Waals surface area (Å²) in [6, 6.07) is 0. The zero-order valence-corrected chi connectivity index (χ0v) is 5.42. The fourth-order valence-corrected chi connectivity index (χ4v) is 0.438. The van der Waals surface area contributed by atoms with E-state index < -0.39 is 0 Å². The fourth-order valence-electron chi connectivity index (χ4n) is 0.438. The molecule has 0 heterocycles. The number of hydrogen-bond acceptors (Lipinski definition) is 3. The number of hydroxylamine groups is 2. The van der Waals surface area contributed by atoms with Crippen LogP contribution in [0.5, 0.6) is 0 Å². The van der Waals surface area contributed by atoms with Crippen molar-refractivity contribution in [2.45, 2.75) is 6.42 Å². The minimum Gasteiger partial charge on any atom is -0.385 e. The van der Waals surface area contributed by atoms with Gasteiger partial charge in [0.05, 0.1) is 0 Å². The van der Waals surface area contributed by atoms with Crippen LogP contribution in [0.4, 0.5) is 0 Å². The van der Waals surface area contributed by atoms with Crippen LogP contribution in [0, 0.1) is 0 Å². The average molecular weight is 119 g/mol. The van der Waals surface area contributed by atoms with Crippen LogP contribution < -0.4 is 0 Å². The van der Waals surface area contributed by atoms with Gasteiger partial charge in [-0.25, -0.2) is 0 Å². The van der Waals surface area contributed by atoms with Gasteiger partial charge in [-0.1, -0.05) is 0 Å². The van der Waals surface area contributed by atoms with Crippen molar-refractivity contribution in [2.24, 2.45) is 0 Å². The predicted molar refractivity (Wildman–Crippen MR) is 30.9 cm³/mol. The van der Waals surface area contributed by atoms with Crippen LogP contribution in [0.3, 0.4) is 0 Å². The summed E-state index contributed by atoms with van der Waals surface area (Å²) in [5, 5.41) is 9.71. The molecule has 0 saturated carbocycles. The van der Waals surface area contributed by atoms with E-state index in [2.05, 4.69) is 0 Å².